The van der Waals surface area contributed by atoms with Crippen LogP contribution in [-0.2, 0) is 9.53 Å². The Labute approximate surface area is 127 Å². The SMILES string of the molecule is Cc1ccc(/C=C2\NC(=S)N(CC3CCCO3)C2=O)s1. The maximum atomic E-state index is 12.4. The normalized spacial score (nSPS) is 24.8. The lowest BCUT2D eigenvalue weighted by molar-refractivity contribution is -0.123. The molecule has 0 saturated carbocycles. The molecule has 1 amide bonds. The van der Waals surface area contributed by atoms with Gasteiger partial charge in [0.25, 0.3) is 5.91 Å². The van der Waals surface area contributed by atoms with Crippen LogP contribution in [0.3, 0.4) is 0 Å². The zero-order valence-electron chi connectivity index (χ0n) is 11.2. The molecule has 106 valence electrons. The Bertz CT molecular complexity index is 573. The number of nitrogens with one attached hydrogen (secondary N) is 1. The van der Waals surface area contributed by atoms with Crippen LogP contribution in [0.2, 0.25) is 0 Å². The maximum Gasteiger partial charge on any atom is 0.276 e. The number of carbonyl (C=O) groups is 1. The largest absolute Gasteiger partial charge is 0.376 e. The highest BCUT2D eigenvalue weighted by Gasteiger charge is 2.33. The van der Waals surface area contributed by atoms with Gasteiger partial charge in [0.05, 0.1) is 12.6 Å². The van der Waals surface area contributed by atoms with Crippen molar-refractivity contribution < 1.29 is 9.53 Å². The summed E-state index contributed by atoms with van der Waals surface area (Å²) in [7, 11) is 0. The predicted molar refractivity (Wildman–Crippen MR) is 83.5 cm³/mol. The Morgan fingerprint density at radius 1 is 1.60 bits per heavy atom. The molecule has 1 aromatic rings. The average Bonchev–Trinajstić information content (AvgIpc) is 3.10. The molecule has 2 aliphatic heterocycles. The lowest BCUT2D eigenvalue weighted by Gasteiger charge is -2.18. The second-order valence-electron chi connectivity index (χ2n) is 4.99. The van der Waals surface area contributed by atoms with Crippen LogP contribution in [-0.4, -0.2) is 35.2 Å². The minimum atomic E-state index is -0.0587. The van der Waals surface area contributed by atoms with Crippen LogP contribution in [0.4, 0.5) is 0 Å². The van der Waals surface area contributed by atoms with Crippen LogP contribution in [0.5, 0.6) is 0 Å². The first-order valence-corrected chi connectivity index (χ1v) is 7.88. The molecule has 0 aromatic carbocycles. The number of aryl methyl sites for hydroxylation is 1. The third-order valence-corrected chi connectivity index (χ3v) is 4.69. The molecule has 1 unspecified atom stereocenters. The first kappa shape index (κ1) is 13.7. The van der Waals surface area contributed by atoms with Gasteiger partial charge in [0.2, 0.25) is 0 Å². The van der Waals surface area contributed by atoms with Crippen LogP contribution in [0.25, 0.3) is 6.08 Å². The summed E-state index contributed by atoms with van der Waals surface area (Å²) in [6.07, 6.45) is 4.03. The molecule has 1 N–H and O–H groups in total. The lowest BCUT2D eigenvalue weighted by Crippen LogP contribution is -2.37. The molecule has 3 rings (SSSR count). The number of thiocarbonyl (C=S) groups is 1. The van der Waals surface area contributed by atoms with Gasteiger partial charge in [-0.05, 0) is 50.2 Å². The van der Waals surface area contributed by atoms with Crippen molar-refractivity contribution in [1.29, 1.82) is 0 Å². The molecule has 2 aliphatic rings. The monoisotopic (exact) mass is 308 g/mol. The van der Waals surface area contributed by atoms with E-state index in [1.54, 1.807) is 16.2 Å². The van der Waals surface area contributed by atoms with E-state index in [2.05, 4.69) is 5.32 Å². The van der Waals surface area contributed by atoms with Crippen molar-refractivity contribution in [2.75, 3.05) is 13.2 Å². The van der Waals surface area contributed by atoms with Crippen molar-refractivity contribution in [1.82, 2.24) is 10.2 Å². The summed E-state index contributed by atoms with van der Waals surface area (Å²) in [5.41, 5.74) is 0.551. The van der Waals surface area contributed by atoms with Gasteiger partial charge in [-0.2, -0.15) is 0 Å². The number of ether oxygens (including phenoxy) is 1. The number of thiophene rings is 1. The van der Waals surface area contributed by atoms with E-state index in [0.717, 1.165) is 24.3 Å². The molecule has 2 saturated heterocycles. The number of rotatable bonds is 3. The van der Waals surface area contributed by atoms with Crippen LogP contribution < -0.4 is 5.32 Å². The summed E-state index contributed by atoms with van der Waals surface area (Å²) in [6, 6.07) is 4.05. The van der Waals surface area contributed by atoms with Crippen LogP contribution >= 0.6 is 23.6 Å². The Balaban J connectivity index is 1.74. The number of amides is 1. The molecule has 2 fully saturated rings. The standard InChI is InChI=1S/C14H16N2O2S2/c1-9-4-5-11(20-9)7-12-13(17)16(14(19)15-12)8-10-3-2-6-18-10/h4-5,7,10H,2-3,6,8H2,1H3,(H,15,19)/b12-7-. The van der Waals surface area contributed by atoms with Gasteiger partial charge in [-0.15, -0.1) is 11.3 Å². The number of hydrogen-bond acceptors (Lipinski definition) is 4. The van der Waals surface area contributed by atoms with E-state index in [4.69, 9.17) is 17.0 Å². The van der Waals surface area contributed by atoms with E-state index < -0.39 is 0 Å². The smallest absolute Gasteiger partial charge is 0.276 e. The van der Waals surface area contributed by atoms with E-state index in [1.807, 2.05) is 25.1 Å². The van der Waals surface area contributed by atoms with Crippen molar-refractivity contribution in [2.24, 2.45) is 0 Å². The van der Waals surface area contributed by atoms with Crippen LogP contribution in [0.1, 0.15) is 22.6 Å². The fraction of sp³-hybridized carbons (Fsp3) is 0.429. The van der Waals surface area contributed by atoms with Crippen LogP contribution in [0.15, 0.2) is 17.8 Å². The third kappa shape index (κ3) is 2.77. The molecule has 6 heteroatoms. The highest BCUT2D eigenvalue weighted by molar-refractivity contribution is 7.80. The zero-order valence-corrected chi connectivity index (χ0v) is 12.9. The second kappa shape index (κ2) is 5.63. The first-order valence-electron chi connectivity index (χ1n) is 6.66. The topological polar surface area (TPSA) is 41.6 Å². The molecule has 3 heterocycles. The van der Waals surface area contributed by atoms with Gasteiger partial charge in [0.1, 0.15) is 5.70 Å². The van der Waals surface area contributed by atoms with E-state index in [-0.39, 0.29) is 12.0 Å². The molecule has 4 nitrogen and oxygen atoms in total. The highest BCUT2D eigenvalue weighted by Crippen LogP contribution is 2.22. The molecule has 1 aromatic heterocycles. The number of nitrogens with zero attached hydrogens (tertiary/aromatic N) is 1. The molecular weight excluding hydrogens is 292 g/mol. The average molecular weight is 308 g/mol. The summed E-state index contributed by atoms with van der Waals surface area (Å²) in [5, 5.41) is 3.48. The first-order chi connectivity index (χ1) is 9.63. The second-order valence-corrected chi connectivity index (χ2v) is 6.69. The molecule has 0 spiro atoms. The van der Waals surface area contributed by atoms with E-state index in [9.17, 15) is 4.79 Å². The van der Waals surface area contributed by atoms with Gasteiger partial charge in [-0.25, -0.2) is 0 Å². The Kier molecular flexibility index (Phi) is 3.87. The van der Waals surface area contributed by atoms with Crippen molar-refractivity contribution in [3.8, 4) is 0 Å². The zero-order chi connectivity index (χ0) is 14.1. The number of hydrogen-bond donors (Lipinski definition) is 1. The third-order valence-electron chi connectivity index (χ3n) is 3.42. The van der Waals surface area contributed by atoms with Crippen molar-refractivity contribution in [2.45, 2.75) is 25.9 Å². The Morgan fingerprint density at radius 2 is 2.45 bits per heavy atom. The van der Waals surface area contributed by atoms with Crippen molar-refractivity contribution in [3.05, 3.63) is 27.6 Å². The van der Waals surface area contributed by atoms with E-state index in [0.29, 0.717) is 17.4 Å². The molecular formula is C14H16N2O2S2. The minimum Gasteiger partial charge on any atom is -0.376 e. The van der Waals surface area contributed by atoms with E-state index in [1.165, 1.54) is 4.88 Å². The molecule has 1 atom stereocenters. The minimum absolute atomic E-state index is 0.0587. The Morgan fingerprint density at radius 3 is 3.10 bits per heavy atom. The molecule has 0 bridgehead atoms. The van der Waals surface area contributed by atoms with Gasteiger partial charge in [0.15, 0.2) is 5.11 Å². The fourth-order valence-corrected chi connectivity index (χ4v) is 3.49. The number of carbonyl (C=O) groups excluding carboxylic acids is 1. The predicted octanol–water partition coefficient (Wildman–Crippen LogP) is 2.29. The lowest BCUT2D eigenvalue weighted by atomic mass is 10.2. The summed E-state index contributed by atoms with van der Waals surface area (Å²) in [4.78, 5) is 16.3. The summed E-state index contributed by atoms with van der Waals surface area (Å²) >= 11 is 6.91. The molecule has 0 radical (unpaired) electrons. The summed E-state index contributed by atoms with van der Waals surface area (Å²) in [6.45, 7) is 3.38. The maximum absolute atomic E-state index is 12.4. The summed E-state index contributed by atoms with van der Waals surface area (Å²) in [5.74, 6) is -0.0587. The Hall–Kier alpha value is -1.24. The van der Waals surface area contributed by atoms with Gasteiger partial charge < -0.3 is 10.1 Å². The quantitative estimate of drug-likeness (QED) is 0.687. The van der Waals surface area contributed by atoms with Gasteiger partial charge in [0, 0.05) is 16.4 Å². The van der Waals surface area contributed by atoms with Crippen LogP contribution in [0, 0.1) is 6.92 Å². The molecule has 0 aliphatic carbocycles. The highest BCUT2D eigenvalue weighted by atomic mass is 32.1. The van der Waals surface area contributed by atoms with Crippen molar-refractivity contribution in [3.63, 3.8) is 0 Å². The molecule has 20 heavy (non-hydrogen) atoms. The van der Waals surface area contributed by atoms with Gasteiger partial charge >= 0.3 is 0 Å². The fourth-order valence-electron chi connectivity index (χ4n) is 2.40. The summed E-state index contributed by atoms with van der Waals surface area (Å²) < 4.78 is 5.57. The van der Waals surface area contributed by atoms with Gasteiger partial charge in [-0.1, -0.05) is 0 Å². The van der Waals surface area contributed by atoms with E-state index >= 15 is 0 Å². The van der Waals surface area contributed by atoms with Gasteiger partial charge in [-0.3, -0.25) is 9.69 Å². The van der Waals surface area contributed by atoms with Crippen molar-refractivity contribution >= 4 is 40.7 Å².